The molecule has 1 atom stereocenters. The van der Waals surface area contributed by atoms with Crippen molar-refractivity contribution in [1.29, 1.82) is 0 Å². The highest BCUT2D eigenvalue weighted by Gasteiger charge is 2.20. The number of amides is 1. The third-order valence-corrected chi connectivity index (χ3v) is 5.22. The van der Waals surface area contributed by atoms with Gasteiger partial charge in [0, 0.05) is 10.6 Å². The molecule has 3 N–H and O–H groups in total. The van der Waals surface area contributed by atoms with Crippen LogP contribution in [0.25, 0.3) is 0 Å². The molecular weight excluding hydrogens is 371 g/mol. The number of hydrogen-bond acceptors (Lipinski definition) is 2. The summed E-state index contributed by atoms with van der Waals surface area (Å²) in [6.45, 7) is 2.22. The van der Waals surface area contributed by atoms with Crippen molar-refractivity contribution in [3.63, 3.8) is 0 Å². The van der Waals surface area contributed by atoms with Gasteiger partial charge in [-0.25, -0.2) is 4.39 Å². The van der Waals surface area contributed by atoms with Crippen LogP contribution < -0.4 is 10.6 Å². The van der Waals surface area contributed by atoms with E-state index in [1.807, 2.05) is 23.7 Å². The Morgan fingerprint density at radius 3 is 2.65 bits per heavy atom. The van der Waals surface area contributed by atoms with E-state index in [1.165, 1.54) is 22.6 Å². The maximum absolute atomic E-state index is 13.8. The summed E-state index contributed by atoms with van der Waals surface area (Å²) in [5.41, 5.74) is 2.45. The van der Waals surface area contributed by atoms with Crippen molar-refractivity contribution < 1.29 is 14.5 Å². The summed E-state index contributed by atoms with van der Waals surface area (Å²) in [7, 11) is 0. The number of aryl methyl sites for hydroxylation is 1. The Kier molecular flexibility index (Phi) is 6.04. The first-order valence-electron chi connectivity index (χ1n) is 8.21. The number of hydrogen-bond donors (Lipinski definition) is 2. The molecule has 134 valence electrons. The molecule has 0 bridgehead atoms. The standard InChI is InChI=1S/C20H18ClFN2OS/c1-13-4-6-14(7-5-13)20(18-3-2-10-26-18)23-12-19(25)24-17-9-8-15(21)11-16(17)22/h2-11,20,23H,12H2,1H3,(H,24,25)/p+1/t20-/m0/s1. The van der Waals surface area contributed by atoms with E-state index in [4.69, 9.17) is 11.6 Å². The summed E-state index contributed by atoms with van der Waals surface area (Å²) in [5.74, 6) is -0.806. The van der Waals surface area contributed by atoms with Gasteiger partial charge >= 0.3 is 0 Å². The van der Waals surface area contributed by atoms with Gasteiger partial charge in [-0.3, -0.25) is 4.79 Å². The van der Waals surface area contributed by atoms with E-state index in [-0.39, 0.29) is 24.2 Å². The first kappa shape index (κ1) is 18.6. The molecule has 1 heterocycles. The third-order valence-electron chi connectivity index (χ3n) is 4.03. The van der Waals surface area contributed by atoms with Crippen LogP contribution in [-0.4, -0.2) is 12.5 Å². The number of thiophene rings is 1. The van der Waals surface area contributed by atoms with E-state index >= 15 is 0 Å². The van der Waals surface area contributed by atoms with Gasteiger partial charge in [0.05, 0.1) is 10.6 Å². The van der Waals surface area contributed by atoms with Crippen molar-refractivity contribution in [3.05, 3.63) is 86.8 Å². The average Bonchev–Trinajstić information content (AvgIpc) is 3.13. The normalized spacial score (nSPS) is 12.0. The predicted octanol–water partition coefficient (Wildman–Crippen LogP) is 4.14. The Bertz CT molecular complexity index is 881. The molecular formula is C20H19ClFN2OS+. The fraction of sp³-hybridized carbons (Fsp3) is 0.150. The summed E-state index contributed by atoms with van der Waals surface area (Å²) < 4.78 is 13.8. The lowest BCUT2D eigenvalue weighted by atomic mass is 10.0. The zero-order valence-corrected chi connectivity index (χ0v) is 15.8. The lowest BCUT2D eigenvalue weighted by molar-refractivity contribution is -0.675. The Balaban J connectivity index is 1.69. The number of carbonyl (C=O) groups excluding carboxylic acids is 1. The van der Waals surface area contributed by atoms with Crippen LogP contribution in [0.15, 0.2) is 60.0 Å². The zero-order valence-electron chi connectivity index (χ0n) is 14.2. The molecule has 3 nitrogen and oxygen atoms in total. The van der Waals surface area contributed by atoms with Crippen LogP contribution in [0.1, 0.15) is 22.0 Å². The number of nitrogens with two attached hydrogens (primary N) is 1. The van der Waals surface area contributed by atoms with Gasteiger partial charge in [-0.1, -0.05) is 47.5 Å². The van der Waals surface area contributed by atoms with Crippen molar-refractivity contribution in [3.8, 4) is 0 Å². The number of benzene rings is 2. The van der Waals surface area contributed by atoms with Crippen molar-refractivity contribution >= 4 is 34.5 Å². The molecule has 0 spiro atoms. The topological polar surface area (TPSA) is 45.7 Å². The highest BCUT2D eigenvalue weighted by atomic mass is 35.5. The quantitative estimate of drug-likeness (QED) is 0.653. The van der Waals surface area contributed by atoms with Gasteiger partial charge in [-0.15, -0.1) is 11.3 Å². The number of carbonyl (C=O) groups is 1. The van der Waals surface area contributed by atoms with E-state index in [0.29, 0.717) is 5.02 Å². The van der Waals surface area contributed by atoms with Gasteiger partial charge < -0.3 is 10.6 Å². The van der Waals surface area contributed by atoms with Gasteiger partial charge in [0.25, 0.3) is 5.91 Å². The minimum atomic E-state index is -0.542. The minimum Gasteiger partial charge on any atom is -0.328 e. The SMILES string of the molecule is Cc1ccc([C@H]([NH2+]CC(=O)Nc2ccc(Cl)cc2F)c2cccs2)cc1. The Labute approximate surface area is 160 Å². The van der Waals surface area contributed by atoms with Gasteiger partial charge in [-0.2, -0.15) is 0 Å². The van der Waals surface area contributed by atoms with Crippen molar-refractivity contribution in [1.82, 2.24) is 0 Å². The molecule has 0 radical (unpaired) electrons. The Morgan fingerprint density at radius 1 is 1.23 bits per heavy atom. The molecule has 0 aliphatic carbocycles. The predicted molar refractivity (Wildman–Crippen MR) is 104 cm³/mol. The van der Waals surface area contributed by atoms with Gasteiger partial charge in [-0.05, 0) is 36.6 Å². The monoisotopic (exact) mass is 389 g/mol. The van der Waals surface area contributed by atoms with E-state index in [1.54, 1.807) is 17.4 Å². The van der Waals surface area contributed by atoms with Crippen LogP contribution in [0.5, 0.6) is 0 Å². The molecule has 26 heavy (non-hydrogen) atoms. The van der Waals surface area contributed by atoms with E-state index in [9.17, 15) is 9.18 Å². The van der Waals surface area contributed by atoms with Gasteiger partial charge in [0.2, 0.25) is 0 Å². The van der Waals surface area contributed by atoms with Crippen LogP contribution in [-0.2, 0) is 4.79 Å². The number of nitrogens with one attached hydrogen (secondary N) is 1. The van der Waals surface area contributed by atoms with E-state index in [2.05, 4.69) is 35.6 Å². The molecule has 0 aliphatic heterocycles. The highest BCUT2D eigenvalue weighted by molar-refractivity contribution is 7.10. The van der Waals surface area contributed by atoms with Crippen molar-refractivity contribution in [2.45, 2.75) is 13.0 Å². The Morgan fingerprint density at radius 2 is 2.00 bits per heavy atom. The fourth-order valence-electron chi connectivity index (χ4n) is 2.68. The second-order valence-electron chi connectivity index (χ2n) is 6.02. The number of quaternary nitrogens is 1. The molecule has 0 unspecified atom stereocenters. The second kappa shape index (κ2) is 8.45. The second-order valence-corrected chi connectivity index (χ2v) is 7.43. The first-order chi connectivity index (χ1) is 12.5. The molecule has 1 amide bonds. The smallest absolute Gasteiger partial charge is 0.279 e. The molecule has 6 heteroatoms. The largest absolute Gasteiger partial charge is 0.328 e. The maximum atomic E-state index is 13.8. The third kappa shape index (κ3) is 4.69. The Hall–Kier alpha value is -2.21. The molecule has 0 aliphatic rings. The fourth-order valence-corrected chi connectivity index (χ4v) is 3.68. The lowest BCUT2D eigenvalue weighted by Crippen LogP contribution is -2.87. The maximum Gasteiger partial charge on any atom is 0.279 e. The summed E-state index contributed by atoms with van der Waals surface area (Å²) in [6, 6.07) is 16.6. The molecule has 0 saturated carbocycles. The number of rotatable bonds is 6. The van der Waals surface area contributed by atoms with Crippen molar-refractivity contribution in [2.75, 3.05) is 11.9 Å². The molecule has 3 aromatic rings. The van der Waals surface area contributed by atoms with Crippen LogP contribution in [0.4, 0.5) is 10.1 Å². The average molecular weight is 390 g/mol. The van der Waals surface area contributed by atoms with Crippen LogP contribution in [0, 0.1) is 12.7 Å². The molecule has 1 aromatic heterocycles. The molecule has 3 rings (SSSR count). The van der Waals surface area contributed by atoms with E-state index < -0.39 is 5.82 Å². The van der Waals surface area contributed by atoms with Gasteiger partial charge in [0.15, 0.2) is 6.54 Å². The minimum absolute atomic E-state index is 0.0245. The number of anilines is 1. The van der Waals surface area contributed by atoms with Crippen LogP contribution >= 0.6 is 22.9 Å². The zero-order chi connectivity index (χ0) is 18.5. The lowest BCUT2D eigenvalue weighted by Gasteiger charge is -2.15. The number of halogens is 2. The molecule has 0 fully saturated rings. The van der Waals surface area contributed by atoms with E-state index in [0.717, 1.165) is 5.56 Å². The first-order valence-corrected chi connectivity index (χ1v) is 9.47. The van der Waals surface area contributed by atoms with Crippen molar-refractivity contribution in [2.24, 2.45) is 0 Å². The summed E-state index contributed by atoms with van der Waals surface area (Å²) in [5, 5.41) is 6.87. The summed E-state index contributed by atoms with van der Waals surface area (Å²) >= 11 is 7.39. The molecule has 0 saturated heterocycles. The summed E-state index contributed by atoms with van der Waals surface area (Å²) in [4.78, 5) is 13.4. The highest BCUT2D eigenvalue weighted by Crippen LogP contribution is 2.23. The van der Waals surface area contributed by atoms with Crippen LogP contribution in [0.3, 0.4) is 0 Å². The van der Waals surface area contributed by atoms with Crippen LogP contribution in [0.2, 0.25) is 5.02 Å². The van der Waals surface area contributed by atoms with Gasteiger partial charge in [0.1, 0.15) is 11.9 Å². The molecule has 2 aromatic carbocycles. The summed E-state index contributed by atoms with van der Waals surface area (Å²) in [6.07, 6.45) is 0.